The van der Waals surface area contributed by atoms with Crippen LogP contribution in [-0.2, 0) is 23.9 Å². The van der Waals surface area contributed by atoms with E-state index in [0.717, 1.165) is 32.1 Å². The molecular formula is C27H44N4O6. The number of carbonyl (C=O) groups excluding carboxylic acids is 5. The molecule has 0 bridgehead atoms. The fraction of sp³-hybridized carbons (Fsp3) is 0.741. The van der Waals surface area contributed by atoms with E-state index in [2.05, 4.69) is 22.5 Å². The Bertz CT molecular complexity index is 846. The van der Waals surface area contributed by atoms with E-state index in [-0.39, 0.29) is 18.4 Å². The van der Waals surface area contributed by atoms with E-state index in [4.69, 9.17) is 4.74 Å². The lowest BCUT2D eigenvalue weighted by molar-refractivity contribution is -0.143. The van der Waals surface area contributed by atoms with E-state index >= 15 is 0 Å². The summed E-state index contributed by atoms with van der Waals surface area (Å²) in [6, 6.07) is -2.54. The van der Waals surface area contributed by atoms with E-state index in [1.165, 1.54) is 11.0 Å². The number of carbonyl (C=O) groups is 5. The highest BCUT2D eigenvalue weighted by molar-refractivity contribution is 6.38. The number of likely N-dealkylation sites (tertiary alicyclic amines) is 1. The molecule has 10 heteroatoms. The molecule has 37 heavy (non-hydrogen) atoms. The summed E-state index contributed by atoms with van der Waals surface area (Å²) in [7, 11) is 0. The zero-order chi connectivity index (χ0) is 27.6. The predicted octanol–water partition coefficient (Wildman–Crippen LogP) is 2.61. The van der Waals surface area contributed by atoms with Gasteiger partial charge in [0.05, 0.1) is 6.04 Å². The molecule has 3 atom stereocenters. The van der Waals surface area contributed by atoms with Crippen molar-refractivity contribution in [1.82, 2.24) is 20.9 Å². The van der Waals surface area contributed by atoms with Crippen molar-refractivity contribution in [3.05, 3.63) is 12.7 Å². The first kappa shape index (κ1) is 30.3. The van der Waals surface area contributed by atoms with Gasteiger partial charge in [0, 0.05) is 13.1 Å². The molecule has 0 aromatic carbocycles. The summed E-state index contributed by atoms with van der Waals surface area (Å²) in [5, 5.41) is 7.96. The van der Waals surface area contributed by atoms with Crippen LogP contribution >= 0.6 is 0 Å². The number of ketones is 1. The van der Waals surface area contributed by atoms with Crippen LogP contribution in [0.1, 0.15) is 85.5 Å². The Labute approximate surface area is 220 Å². The largest absolute Gasteiger partial charge is 0.444 e. The summed E-state index contributed by atoms with van der Waals surface area (Å²) in [5.74, 6) is -2.32. The Morgan fingerprint density at radius 3 is 2.30 bits per heavy atom. The van der Waals surface area contributed by atoms with Gasteiger partial charge in [-0.2, -0.15) is 0 Å². The SMILES string of the molecule is C=CCNC(=O)C(=O)C(CCC)NC(=O)[C@@H]1CCCN1C(=O)C(NC(=O)OC(C)(C)C)C1CCCCC1. The summed E-state index contributed by atoms with van der Waals surface area (Å²) in [5.41, 5.74) is -0.709. The highest BCUT2D eigenvalue weighted by atomic mass is 16.6. The number of nitrogens with one attached hydrogen (secondary N) is 3. The lowest BCUT2D eigenvalue weighted by Crippen LogP contribution is -2.58. The zero-order valence-electron chi connectivity index (χ0n) is 22.8. The Kier molecular flexibility index (Phi) is 11.6. The van der Waals surface area contributed by atoms with Crippen LogP contribution < -0.4 is 16.0 Å². The second-order valence-corrected chi connectivity index (χ2v) is 10.9. The van der Waals surface area contributed by atoms with Gasteiger partial charge in [-0.15, -0.1) is 6.58 Å². The van der Waals surface area contributed by atoms with Crippen molar-refractivity contribution >= 4 is 29.6 Å². The van der Waals surface area contributed by atoms with Crippen LogP contribution in [0.4, 0.5) is 4.79 Å². The molecule has 1 aliphatic carbocycles. The van der Waals surface area contributed by atoms with Crippen molar-refractivity contribution in [2.24, 2.45) is 5.92 Å². The van der Waals surface area contributed by atoms with Gasteiger partial charge in [0.15, 0.2) is 0 Å². The quantitative estimate of drug-likeness (QED) is 0.283. The number of nitrogens with zero attached hydrogens (tertiary/aromatic N) is 1. The van der Waals surface area contributed by atoms with E-state index in [9.17, 15) is 24.0 Å². The predicted molar refractivity (Wildman–Crippen MR) is 140 cm³/mol. The first-order valence-electron chi connectivity index (χ1n) is 13.5. The van der Waals surface area contributed by atoms with Gasteiger partial charge in [-0.3, -0.25) is 19.2 Å². The molecule has 3 N–H and O–H groups in total. The van der Waals surface area contributed by atoms with Gasteiger partial charge >= 0.3 is 6.09 Å². The summed E-state index contributed by atoms with van der Waals surface area (Å²) in [4.78, 5) is 66.0. The van der Waals surface area contributed by atoms with Crippen molar-refractivity contribution in [2.45, 2.75) is 109 Å². The molecule has 2 aliphatic rings. The topological polar surface area (TPSA) is 134 Å². The minimum absolute atomic E-state index is 0.0407. The second-order valence-electron chi connectivity index (χ2n) is 10.9. The van der Waals surface area contributed by atoms with E-state index in [1.807, 2.05) is 6.92 Å². The smallest absolute Gasteiger partial charge is 0.408 e. The molecule has 0 aromatic rings. The summed E-state index contributed by atoms with van der Waals surface area (Å²) in [6.45, 7) is 11.2. The van der Waals surface area contributed by atoms with Crippen LogP contribution in [0, 0.1) is 5.92 Å². The van der Waals surface area contributed by atoms with Crippen molar-refractivity contribution in [2.75, 3.05) is 13.1 Å². The van der Waals surface area contributed by atoms with Crippen LogP contribution in [0.5, 0.6) is 0 Å². The third kappa shape index (κ3) is 9.16. The molecule has 1 heterocycles. The van der Waals surface area contributed by atoms with Gasteiger partial charge < -0.3 is 25.6 Å². The van der Waals surface area contributed by atoms with E-state index in [1.54, 1.807) is 20.8 Å². The Morgan fingerprint density at radius 1 is 1.03 bits per heavy atom. The number of amides is 4. The average molecular weight is 521 g/mol. The van der Waals surface area contributed by atoms with Gasteiger partial charge in [-0.25, -0.2) is 4.79 Å². The first-order chi connectivity index (χ1) is 17.5. The van der Waals surface area contributed by atoms with Crippen LogP contribution in [0.15, 0.2) is 12.7 Å². The Morgan fingerprint density at radius 2 is 1.70 bits per heavy atom. The Balaban J connectivity index is 2.17. The van der Waals surface area contributed by atoms with E-state index in [0.29, 0.717) is 32.2 Å². The molecule has 0 aromatic heterocycles. The van der Waals surface area contributed by atoms with Crippen molar-refractivity contribution < 1.29 is 28.7 Å². The van der Waals surface area contributed by atoms with Crippen molar-refractivity contribution in [1.29, 1.82) is 0 Å². The third-order valence-electron chi connectivity index (χ3n) is 6.74. The molecule has 4 amide bonds. The van der Waals surface area contributed by atoms with Gasteiger partial charge in [0.2, 0.25) is 17.6 Å². The highest BCUT2D eigenvalue weighted by Crippen LogP contribution is 2.29. The van der Waals surface area contributed by atoms with Gasteiger partial charge in [-0.1, -0.05) is 38.7 Å². The number of hydrogen-bond acceptors (Lipinski definition) is 6. The molecular weight excluding hydrogens is 476 g/mol. The minimum Gasteiger partial charge on any atom is -0.444 e. The second kappa shape index (κ2) is 14.1. The fourth-order valence-electron chi connectivity index (χ4n) is 5.00. The minimum atomic E-state index is -0.978. The number of ether oxygens (including phenoxy) is 1. The van der Waals surface area contributed by atoms with Crippen LogP contribution in [0.25, 0.3) is 0 Å². The molecule has 10 nitrogen and oxygen atoms in total. The van der Waals surface area contributed by atoms with Crippen LogP contribution in [0.2, 0.25) is 0 Å². The van der Waals surface area contributed by atoms with Crippen LogP contribution in [-0.4, -0.2) is 71.3 Å². The number of rotatable bonds is 11. The molecule has 208 valence electrons. The molecule has 0 spiro atoms. The Hall–Kier alpha value is -2.91. The lowest BCUT2D eigenvalue weighted by atomic mass is 9.83. The maximum atomic E-state index is 13.8. The number of Topliss-reactive ketones (excluding diaryl/α,β-unsaturated/α-hetero) is 1. The monoisotopic (exact) mass is 520 g/mol. The van der Waals surface area contributed by atoms with Crippen molar-refractivity contribution in [3.63, 3.8) is 0 Å². The average Bonchev–Trinajstić information content (AvgIpc) is 3.34. The molecule has 2 rings (SSSR count). The molecule has 0 radical (unpaired) electrons. The molecule has 2 unspecified atom stereocenters. The molecule has 1 aliphatic heterocycles. The standard InChI is InChI=1S/C27H44N4O6/c1-6-12-19(22(32)24(34)28-16-7-2)29-23(33)20-15-11-17-31(20)25(35)21(18-13-9-8-10-14-18)30-26(36)37-27(3,4)5/h7,18-21H,2,6,8-17H2,1,3-5H3,(H,28,34)(H,29,33)(H,30,36)/t19?,20-,21?/m0/s1. The van der Waals surface area contributed by atoms with Gasteiger partial charge in [0.1, 0.15) is 17.7 Å². The van der Waals surface area contributed by atoms with Gasteiger partial charge in [-0.05, 0) is 58.8 Å². The number of alkyl carbamates (subject to hydrolysis) is 1. The first-order valence-corrected chi connectivity index (χ1v) is 13.5. The van der Waals surface area contributed by atoms with Gasteiger partial charge in [0.25, 0.3) is 5.91 Å². The molecule has 2 fully saturated rings. The summed E-state index contributed by atoms with van der Waals surface area (Å²) < 4.78 is 5.42. The fourth-order valence-corrected chi connectivity index (χ4v) is 5.00. The molecule has 1 saturated carbocycles. The van der Waals surface area contributed by atoms with Crippen LogP contribution in [0.3, 0.4) is 0 Å². The number of hydrogen-bond donors (Lipinski definition) is 3. The normalized spacial score (nSPS) is 19.9. The maximum Gasteiger partial charge on any atom is 0.408 e. The summed E-state index contributed by atoms with van der Waals surface area (Å²) in [6.07, 6.45) is 7.42. The third-order valence-corrected chi connectivity index (χ3v) is 6.74. The highest BCUT2D eigenvalue weighted by Gasteiger charge is 2.42. The van der Waals surface area contributed by atoms with Crippen molar-refractivity contribution in [3.8, 4) is 0 Å². The zero-order valence-corrected chi connectivity index (χ0v) is 22.8. The van der Waals surface area contributed by atoms with E-state index < -0.39 is 47.4 Å². The maximum absolute atomic E-state index is 13.8. The molecule has 1 saturated heterocycles. The summed E-state index contributed by atoms with van der Waals surface area (Å²) >= 11 is 0. The lowest BCUT2D eigenvalue weighted by Gasteiger charge is -2.35.